The fourth-order valence-corrected chi connectivity index (χ4v) is 3.99. The van der Waals surface area contributed by atoms with Crippen LogP contribution in [0.2, 0.25) is 0 Å². The van der Waals surface area contributed by atoms with Crippen LogP contribution in [0.25, 0.3) is 0 Å². The van der Waals surface area contributed by atoms with Crippen molar-refractivity contribution in [2.45, 2.75) is 57.5 Å². The number of carbonyl (C=O) groups excluding carboxylic acids is 1. The molecule has 2 N–H and O–H groups in total. The van der Waals surface area contributed by atoms with Gasteiger partial charge in [-0.05, 0) is 31.1 Å². The molecule has 2 saturated carbocycles. The molecule has 0 radical (unpaired) electrons. The topological polar surface area (TPSA) is 59.0 Å². The predicted octanol–water partition coefficient (Wildman–Crippen LogP) is 2.40. The molecule has 0 aromatic carbocycles. The number of hydrogen-bond donors (Lipinski definition) is 2. The quantitative estimate of drug-likeness (QED) is 0.895. The fourth-order valence-electron chi connectivity index (χ4n) is 3.99. The van der Waals surface area contributed by atoms with Crippen molar-refractivity contribution in [3.8, 4) is 0 Å². The highest BCUT2D eigenvalue weighted by atomic mass is 16.1. The number of aromatic nitrogens is 2. The van der Waals surface area contributed by atoms with E-state index < -0.39 is 0 Å². The molecule has 0 aliphatic heterocycles. The number of anilines is 1. The van der Waals surface area contributed by atoms with E-state index in [1.165, 1.54) is 44.9 Å². The number of fused-ring (bicyclic) bond motifs is 1. The molecule has 1 aromatic heterocycles. The molecule has 116 valence electrons. The Bertz CT molecular complexity index is 484. The molecular weight excluding hydrogens is 264 g/mol. The molecule has 5 heteroatoms. The van der Waals surface area contributed by atoms with E-state index in [4.69, 9.17) is 0 Å². The lowest BCUT2D eigenvalue weighted by atomic mass is 9.69. The molecule has 3 unspecified atom stereocenters. The summed E-state index contributed by atoms with van der Waals surface area (Å²) in [5.74, 6) is 1.88. The maximum atomic E-state index is 11.3. The van der Waals surface area contributed by atoms with Gasteiger partial charge in [-0.2, -0.15) is 5.10 Å². The maximum absolute atomic E-state index is 11.3. The third-order valence-corrected chi connectivity index (χ3v) is 5.13. The zero-order valence-electron chi connectivity index (χ0n) is 12.8. The van der Waals surface area contributed by atoms with Gasteiger partial charge in [-0.3, -0.25) is 9.48 Å². The largest absolute Gasteiger partial charge is 0.380 e. The van der Waals surface area contributed by atoms with Crippen LogP contribution in [0, 0.1) is 11.8 Å². The van der Waals surface area contributed by atoms with Gasteiger partial charge in [0.25, 0.3) is 0 Å². The minimum absolute atomic E-state index is 0.0210. The Balaban J connectivity index is 1.53. The monoisotopic (exact) mass is 290 g/mol. The molecule has 2 aliphatic carbocycles. The van der Waals surface area contributed by atoms with Crippen LogP contribution < -0.4 is 10.6 Å². The van der Waals surface area contributed by atoms with E-state index in [-0.39, 0.29) is 12.5 Å². The maximum Gasteiger partial charge on any atom is 0.241 e. The van der Waals surface area contributed by atoms with Gasteiger partial charge in [-0.25, -0.2) is 0 Å². The zero-order valence-corrected chi connectivity index (χ0v) is 12.8. The molecule has 2 aliphatic rings. The second-order valence-corrected chi connectivity index (χ2v) is 6.56. The van der Waals surface area contributed by atoms with Gasteiger partial charge in [0, 0.05) is 19.3 Å². The fraction of sp³-hybridized carbons (Fsp3) is 0.750. The molecular formula is C16H26N4O. The third kappa shape index (κ3) is 3.57. The molecule has 21 heavy (non-hydrogen) atoms. The highest BCUT2D eigenvalue weighted by Crippen LogP contribution is 2.41. The van der Waals surface area contributed by atoms with Crippen molar-refractivity contribution < 1.29 is 4.79 Å². The molecule has 1 heterocycles. The Morgan fingerprint density at radius 3 is 2.90 bits per heavy atom. The lowest BCUT2D eigenvalue weighted by Gasteiger charge is -2.39. The van der Waals surface area contributed by atoms with Crippen molar-refractivity contribution in [1.29, 1.82) is 0 Å². The van der Waals surface area contributed by atoms with E-state index in [9.17, 15) is 4.79 Å². The molecule has 0 spiro atoms. The first-order valence-electron chi connectivity index (χ1n) is 8.24. The Kier molecular flexibility index (Phi) is 4.46. The van der Waals surface area contributed by atoms with Crippen molar-refractivity contribution >= 4 is 11.6 Å². The number of amides is 1. The van der Waals surface area contributed by atoms with Gasteiger partial charge in [0.15, 0.2) is 0 Å². The van der Waals surface area contributed by atoms with Gasteiger partial charge in [0.05, 0.1) is 11.9 Å². The summed E-state index contributed by atoms with van der Waals surface area (Å²) < 4.78 is 1.69. The Labute approximate surface area is 126 Å². The van der Waals surface area contributed by atoms with Crippen LogP contribution in [-0.4, -0.2) is 28.8 Å². The van der Waals surface area contributed by atoms with Crippen LogP contribution in [0.4, 0.5) is 5.69 Å². The van der Waals surface area contributed by atoms with Crippen molar-refractivity contribution in [2.75, 3.05) is 12.4 Å². The number of hydrogen-bond acceptors (Lipinski definition) is 3. The number of nitrogens with one attached hydrogen (secondary N) is 2. The number of nitrogens with zero attached hydrogens (tertiary/aromatic N) is 2. The first-order chi connectivity index (χ1) is 10.2. The standard InChI is InChI=1S/C16H26N4O/c1-17-16(21)11-20-10-15(9-18-20)19-14-7-6-12-4-2-3-5-13(12)8-14/h9-10,12-14,19H,2-8,11H2,1H3,(H,17,21). The smallest absolute Gasteiger partial charge is 0.241 e. The summed E-state index contributed by atoms with van der Waals surface area (Å²) in [7, 11) is 1.65. The molecule has 1 amide bonds. The molecule has 0 saturated heterocycles. The number of rotatable bonds is 4. The third-order valence-electron chi connectivity index (χ3n) is 5.13. The van der Waals surface area contributed by atoms with Gasteiger partial charge in [0.2, 0.25) is 5.91 Å². The Hall–Kier alpha value is -1.52. The second kappa shape index (κ2) is 6.50. The average Bonchev–Trinajstić information content (AvgIpc) is 2.94. The van der Waals surface area contributed by atoms with Crippen LogP contribution in [0.1, 0.15) is 44.9 Å². The molecule has 3 rings (SSSR count). The summed E-state index contributed by atoms with van der Waals surface area (Å²) in [5.41, 5.74) is 1.04. The molecule has 2 fully saturated rings. The highest BCUT2D eigenvalue weighted by Gasteiger charge is 2.32. The van der Waals surface area contributed by atoms with Gasteiger partial charge in [0.1, 0.15) is 6.54 Å². The van der Waals surface area contributed by atoms with Crippen molar-refractivity contribution in [3.05, 3.63) is 12.4 Å². The minimum atomic E-state index is -0.0210. The van der Waals surface area contributed by atoms with Crippen molar-refractivity contribution in [3.63, 3.8) is 0 Å². The summed E-state index contributed by atoms with van der Waals surface area (Å²) in [6.45, 7) is 0.285. The Morgan fingerprint density at radius 1 is 1.29 bits per heavy atom. The minimum Gasteiger partial charge on any atom is -0.380 e. The first kappa shape index (κ1) is 14.4. The summed E-state index contributed by atoms with van der Waals surface area (Å²) in [5, 5.41) is 10.5. The van der Waals surface area contributed by atoms with Gasteiger partial charge < -0.3 is 10.6 Å². The van der Waals surface area contributed by atoms with E-state index >= 15 is 0 Å². The van der Waals surface area contributed by atoms with E-state index in [0.29, 0.717) is 6.04 Å². The van der Waals surface area contributed by atoms with E-state index in [1.807, 2.05) is 12.4 Å². The average molecular weight is 290 g/mol. The normalized spacial score (nSPS) is 28.7. The summed E-state index contributed by atoms with van der Waals surface area (Å²) >= 11 is 0. The highest BCUT2D eigenvalue weighted by molar-refractivity contribution is 5.75. The van der Waals surface area contributed by atoms with Crippen LogP contribution in [0.15, 0.2) is 12.4 Å². The van der Waals surface area contributed by atoms with Crippen LogP contribution in [-0.2, 0) is 11.3 Å². The van der Waals surface area contributed by atoms with Crippen molar-refractivity contribution in [1.82, 2.24) is 15.1 Å². The predicted molar refractivity (Wildman–Crippen MR) is 83.0 cm³/mol. The van der Waals surface area contributed by atoms with E-state index in [1.54, 1.807) is 11.7 Å². The lowest BCUT2D eigenvalue weighted by Crippen LogP contribution is -2.34. The molecule has 5 nitrogen and oxygen atoms in total. The molecule has 1 aromatic rings. The molecule has 0 bridgehead atoms. The SMILES string of the molecule is CNC(=O)Cn1cc(NC2CCC3CCCCC3C2)cn1. The number of carbonyl (C=O) groups is 1. The van der Waals surface area contributed by atoms with Crippen LogP contribution in [0.3, 0.4) is 0 Å². The van der Waals surface area contributed by atoms with E-state index in [0.717, 1.165) is 17.5 Å². The van der Waals surface area contributed by atoms with Gasteiger partial charge >= 0.3 is 0 Å². The summed E-state index contributed by atoms with van der Waals surface area (Å²) in [6, 6.07) is 0.571. The second-order valence-electron chi connectivity index (χ2n) is 6.56. The lowest BCUT2D eigenvalue weighted by molar-refractivity contribution is -0.121. The Morgan fingerprint density at radius 2 is 2.10 bits per heavy atom. The number of likely N-dealkylation sites (N-methyl/N-ethyl adjacent to an activating group) is 1. The molecule has 3 atom stereocenters. The van der Waals surface area contributed by atoms with Crippen molar-refractivity contribution in [2.24, 2.45) is 11.8 Å². The van der Waals surface area contributed by atoms with Gasteiger partial charge in [-0.1, -0.05) is 25.7 Å². The van der Waals surface area contributed by atoms with Crippen LogP contribution >= 0.6 is 0 Å². The summed E-state index contributed by atoms with van der Waals surface area (Å²) in [4.78, 5) is 11.3. The summed E-state index contributed by atoms with van der Waals surface area (Å²) in [6.07, 6.45) is 13.4. The van der Waals surface area contributed by atoms with Gasteiger partial charge in [-0.15, -0.1) is 0 Å². The zero-order chi connectivity index (χ0) is 14.7. The first-order valence-corrected chi connectivity index (χ1v) is 8.24. The van der Waals surface area contributed by atoms with E-state index in [2.05, 4.69) is 15.7 Å². The van der Waals surface area contributed by atoms with Crippen LogP contribution in [0.5, 0.6) is 0 Å².